The molecule has 0 atom stereocenters. The lowest BCUT2D eigenvalue weighted by atomic mass is 9.80. The summed E-state index contributed by atoms with van der Waals surface area (Å²) in [6.07, 6.45) is 6.51. The van der Waals surface area contributed by atoms with Crippen molar-refractivity contribution in [3.05, 3.63) is 30.2 Å². The van der Waals surface area contributed by atoms with Gasteiger partial charge in [-0.1, -0.05) is 11.6 Å². The second kappa shape index (κ2) is 4.79. The highest BCUT2D eigenvalue weighted by atomic mass is 35.5. The minimum absolute atomic E-state index is 0.312. The summed E-state index contributed by atoms with van der Waals surface area (Å²) in [6.45, 7) is 7.95. The van der Waals surface area contributed by atoms with E-state index in [1.165, 1.54) is 6.33 Å². The molecule has 21 heavy (non-hydrogen) atoms. The van der Waals surface area contributed by atoms with Gasteiger partial charge in [-0.15, -0.1) is 0 Å². The van der Waals surface area contributed by atoms with E-state index in [-0.39, 0.29) is 0 Å². The van der Waals surface area contributed by atoms with E-state index >= 15 is 0 Å². The maximum Gasteiger partial charge on any atom is 0.501 e. The average molecular weight is 307 g/mol. The Morgan fingerprint density at radius 2 is 1.81 bits per heavy atom. The van der Waals surface area contributed by atoms with Crippen molar-refractivity contribution < 1.29 is 9.31 Å². The molecule has 1 saturated heterocycles. The first-order chi connectivity index (χ1) is 9.82. The molecule has 2 aromatic rings. The van der Waals surface area contributed by atoms with Crippen molar-refractivity contribution in [2.24, 2.45) is 0 Å². The van der Waals surface area contributed by atoms with E-state index in [9.17, 15) is 0 Å². The predicted molar refractivity (Wildman–Crippen MR) is 79.9 cm³/mol. The van der Waals surface area contributed by atoms with Gasteiger partial charge in [-0.3, -0.25) is 4.57 Å². The van der Waals surface area contributed by atoms with Crippen molar-refractivity contribution in [1.82, 2.24) is 19.5 Å². The molecule has 3 heterocycles. The van der Waals surface area contributed by atoms with E-state index in [2.05, 4.69) is 15.0 Å². The maximum absolute atomic E-state index is 6.27. The molecule has 1 fully saturated rings. The van der Waals surface area contributed by atoms with Crippen molar-refractivity contribution >= 4 is 24.2 Å². The van der Waals surface area contributed by atoms with Crippen LogP contribution in [0.1, 0.15) is 27.7 Å². The molecule has 0 aliphatic carbocycles. The maximum atomic E-state index is 6.27. The first-order valence-corrected chi connectivity index (χ1v) is 7.04. The van der Waals surface area contributed by atoms with Crippen LogP contribution < -0.4 is 5.46 Å². The molecule has 3 rings (SSSR count). The fourth-order valence-electron chi connectivity index (χ4n) is 2.12. The number of aromatic nitrogens is 4. The van der Waals surface area contributed by atoms with Crippen molar-refractivity contribution in [3.63, 3.8) is 0 Å². The Kier molecular flexibility index (Phi) is 3.31. The zero-order valence-corrected chi connectivity index (χ0v) is 13.1. The SMILES string of the molecule is CC1(C)OB(c2c(Cl)ncnc2-n2ccnc2)OC1(C)C. The van der Waals surface area contributed by atoms with Gasteiger partial charge in [0.25, 0.3) is 0 Å². The fourth-order valence-corrected chi connectivity index (χ4v) is 2.34. The molecule has 0 unspecified atom stereocenters. The number of nitrogens with zero attached hydrogens (tertiary/aromatic N) is 4. The van der Waals surface area contributed by atoms with Crippen LogP contribution >= 0.6 is 11.6 Å². The van der Waals surface area contributed by atoms with Gasteiger partial charge >= 0.3 is 7.12 Å². The van der Waals surface area contributed by atoms with Crippen molar-refractivity contribution in [3.8, 4) is 5.82 Å². The summed E-state index contributed by atoms with van der Waals surface area (Å²) in [7, 11) is -0.624. The van der Waals surface area contributed by atoms with Gasteiger partial charge in [0.05, 0.1) is 16.7 Å². The fraction of sp³-hybridized carbons (Fsp3) is 0.462. The van der Waals surface area contributed by atoms with Gasteiger partial charge in [0.15, 0.2) is 0 Å². The van der Waals surface area contributed by atoms with Crippen molar-refractivity contribution in [1.29, 1.82) is 0 Å². The summed E-state index contributed by atoms with van der Waals surface area (Å²) >= 11 is 6.27. The summed E-state index contributed by atoms with van der Waals surface area (Å²) in [6, 6.07) is 0. The lowest BCUT2D eigenvalue weighted by Crippen LogP contribution is -2.41. The number of halogens is 1. The van der Waals surface area contributed by atoms with Crippen LogP contribution in [0.25, 0.3) is 5.82 Å². The normalized spacial score (nSPS) is 20.0. The molecule has 6 nitrogen and oxygen atoms in total. The highest BCUT2D eigenvalue weighted by Gasteiger charge is 2.53. The molecular formula is C13H16BClN4O2. The molecule has 0 bridgehead atoms. The van der Waals surface area contributed by atoms with Crippen LogP contribution in [0.3, 0.4) is 0 Å². The molecule has 0 spiro atoms. The van der Waals surface area contributed by atoms with E-state index in [1.807, 2.05) is 27.7 Å². The van der Waals surface area contributed by atoms with E-state index in [1.54, 1.807) is 23.3 Å². The minimum atomic E-state index is -0.624. The lowest BCUT2D eigenvalue weighted by molar-refractivity contribution is 0.00578. The van der Waals surface area contributed by atoms with Crippen LogP contribution in [-0.2, 0) is 9.31 Å². The van der Waals surface area contributed by atoms with Gasteiger partial charge in [-0.05, 0) is 27.7 Å². The quantitative estimate of drug-likeness (QED) is 0.623. The van der Waals surface area contributed by atoms with Gasteiger partial charge in [0.1, 0.15) is 23.6 Å². The van der Waals surface area contributed by atoms with Crippen LogP contribution in [0.15, 0.2) is 25.0 Å². The highest BCUT2D eigenvalue weighted by molar-refractivity contribution is 6.66. The van der Waals surface area contributed by atoms with Gasteiger partial charge < -0.3 is 9.31 Å². The molecule has 0 saturated carbocycles. The van der Waals surface area contributed by atoms with E-state index in [0.717, 1.165) is 0 Å². The number of imidazole rings is 1. The molecule has 110 valence electrons. The van der Waals surface area contributed by atoms with Crippen molar-refractivity contribution in [2.45, 2.75) is 38.9 Å². The smallest absolute Gasteiger partial charge is 0.399 e. The molecule has 1 aliphatic heterocycles. The zero-order valence-electron chi connectivity index (χ0n) is 12.4. The summed E-state index contributed by atoms with van der Waals surface area (Å²) in [5.41, 5.74) is -0.303. The Hall–Kier alpha value is -1.44. The van der Waals surface area contributed by atoms with Crippen LogP contribution in [0.2, 0.25) is 5.15 Å². The van der Waals surface area contributed by atoms with E-state index in [4.69, 9.17) is 20.9 Å². The number of hydrogen-bond acceptors (Lipinski definition) is 5. The van der Waals surface area contributed by atoms with Crippen molar-refractivity contribution in [2.75, 3.05) is 0 Å². The highest BCUT2D eigenvalue weighted by Crippen LogP contribution is 2.37. The van der Waals surface area contributed by atoms with Crippen LogP contribution in [0.4, 0.5) is 0 Å². The molecular weight excluding hydrogens is 290 g/mol. The molecule has 0 aromatic carbocycles. The monoisotopic (exact) mass is 306 g/mol. The van der Waals surface area contributed by atoms with Crippen LogP contribution in [0, 0.1) is 0 Å². The molecule has 2 aromatic heterocycles. The molecule has 0 radical (unpaired) electrons. The second-order valence-electron chi connectivity index (χ2n) is 5.96. The Labute approximate surface area is 128 Å². The van der Waals surface area contributed by atoms with Gasteiger partial charge in [0, 0.05) is 12.4 Å². The second-order valence-corrected chi connectivity index (χ2v) is 6.32. The van der Waals surface area contributed by atoms with Crippen LogP contribution in [0.5, 0.6) is 0 Å². The number of hydrogen-bond donors (Lipinski definition) is 0. The Bertz CT molecular complexity index is 644. The summed E-state index contributed by atoms with van der Waals surface area (Å²) in [5.74, 6) is 0.603. The van der Waals surface area contributed by atoms with Gasteiger partial charge in [0.2, 0.25) is 0 Å². The van der Waals surface area contributed by atoms with Gasteiger partial charge in [-0.25, -0.2) is 15.0 Å². The minimum Gasteiger partial charge on any atom is -0.399 e. The first-order valence-electron chi connectivity index (χ1n) is 6.66. The Morgan fingerprint density at radius 3 is 2.38 bits per heavy atom. The molecule has 1 aliphatic rings. The largest absolute Gasteiger partial charge is 0.501 e. The van der Waals surface area contributed by atoms with E-state index in [0.29, 0.717) is 16.4 Å². The topological polar surface area (TPSA) is 62.1 Å². The lowest BCUT2D eigenvalue weighted by Gasteiger charge is -2.32. The third kappa shape index (κ3) is 2.35. The first kappa shape index (κ1) is 14.5. The Morgan fingerprint density at radius 1 is 1.14 bits per heavy atom. The molecule has 8 heteroatoms. The third-order valence-electron chi connectivity index (χ3n) is 4.05. The summed E-state index contributed by atoms with van der Waals surface area (Å²) in [5, 5.41) is 0.312. The third-order valence-corrected chi connectivity index (χ3v) is 4.35. The van der Waals surface area contributed by atoms with E-state index < -0.39 is 18.3 Å². The zero-order chi connectivity index (χ0) is 15.3. The Balaban J connectivity index is 2.08. The summed E-state index contributed by atoms with van der Waals surface area (Å²) in [4.78, 5) is 12.4. The summed E-state index contributed by atoms with van der Waals surface area (Å²) < 4.78 is 13.9. The molecule has 0 amide bonds. The average Bonchev–Trinajstić information content (AvgIpc) is 2.96. The number of rotatable bonds is 2. The van der Waals surface area contributed by atoms with Crippen LogP contribution in [-0.4, -0.2) is 37.8 Å². The molecule has 0 N–H and O–H groups in total. The predicted octanol–water partition coefficient (Wildman–Crippen LogP) is 1.61. The van der Waals surface area contributed by atoms with Gasteiger partial charge in [-0.2, -0.15) is 0 Å². The standard InChI is InChI=1S/C13H16BClN4O2/c1-12(2)13(3,4)21-14(20-12)9-10(15)17-7-18-11(9)19-6-5-16-8-19/h5-8H,1-4H3.